The number of nitrogens with one attached hydrogen (secondary N) is 1. The maximum atomic E-state index is 11.8. The largest absolute Gasteiger partial charge is 0.355 e. The van der Waals surface area contributed by atoms with Crippen molar-refractivity contribution in [1.29, 1.82) is 0 Å². The van der Waals surface area contributed by atoms with Crippen molar-refractivity contribution < 1.29 is 4.79 Å². The number of rotatable bonds is 2. The topological polar surface area (TPSA) is 48.5 Å². The molecule has 2 unspecified atom stereocenters. The lowest BCUT2D eigenvalue weighted by atomic mass is 9.94. The number of hydrogen-bond donors (Lipinski definition) is 1. The van der Waals surface area contributed by atoms with E-state index < -0.39 is 0 Å². The molecule has 0 saturated carbocycles. The van der Waals surface area contributed by atoms with Crippen LogP contribution in [0.3, 0.4) is 0 Å². The Hall–Kier alpha value is -1.62. The van der Waals surface area contributed by atoms with Gasteiger partial charge in [-0.2, -0.15) is 0 Å². The van der Waals surface area contributed by atoms with Crippen LogP contribution in [0.25, 0.3) is 0 Å². The Labute approximate surface area is 120 Å². The lowest BCUT2D eigenvalue weighted by molar-refractivity contribution is 0.0827. The number of anilines is 1. The van der Waals surface area contributed by atoms with Gasteiger partial charge in [-0.3, -0.25) is 4.79 Å². The molecule has 1 N–H and O–H groups in total. The lowest BCUT2D eigenvalue weighted by Crippen LogP contribution is -2.40. The molecule has 2 aliphatic rings. The van der Waals surface area contributed by atoms with Gasteiger partial charge in [0.25, 0.3) is 5.91 Å². The Balaban J connectivity index is 1.71. The number of hydrogen-bond acceptors (Lipinski definition) is 4. The first-order chi connectivity index (χ1) is 9.65. The molecule has 5 nitrogen and oxygen atoms in total. The van der Waals surface area contributed by atoms with E-state index in [1.165, 1.54) is 12.8 Å². The molecule has 2 saturated heterocycles. The fourth-order valence-corrected chi connectivity index (χ4v) is 3.19. The maximum absolute atomic E-state index is 11.8. The van der Waals surface area contributed by atoms with Gasteiger partial charge < -0.3 is 15.1 Å². The molecule has 1 aromatic rings. The van der Waals surface area contributed by atoms with E-state index in [0.717, 1.165) is 31.4 Å². The predicted molar refractivity (Wildman–Crippen MR) is 79.0 cm³/mol. The van der Waals surface area contributed by atoms with Crippen LogP contribution in [0, 0.1) is 5.92 Å². The van der Waals surface area contributed by atoms with Gasteiger partial charge in [-0.15, -0.1) is 0 Å². The highest BCUT2D eigenvalue weighted by atomic mass is 16.2. The van der Waals surface area contributed by atoms with Crippen LogP contribution < -0.4 is 10.2 Å². The molecule has 5 heteroatoms. The van der Waals surface area contributed by atoms with Crippen LogP contribution in [0.5, 0.6) is 0 Å². The van der Waals surface area contributed by atoms with Gasteiger partial charge in [-0.1, -0.05) is 0 Å². The molecule has 1 amide bonds. The van der Waals surface area contributed by atoms with Gasteiger partial charge in [0, 0.05) is 39.4 Å². The first-order valence-corrected chi connectivity index (χ1v) is 7.31. The molecule has 0 radical (unpaired) electrons. The average Bonchev–Trinajstić information content (AvgIpc) is 2.90. The summed E-state index contributed by atoms with van der Waals surface area (Å²) >= 11 is 0. The van der Waals surface area contributed by atoms with E-state index in [4.69, 9.17) is 0 Å². The molecule has 3 rings (SSSR count). The number of piperidine rings is 1. The summed E-state index contributed by atoms with van der Waals surface area (Å²) in [5.41, 5.74) is 0.647. The third kappa shape index (κ3) is 2.50. The van der Waals surface area contributed by atoms with E-state index in [0.29, 0.717) is 11.6 Å². The molecular formula is C15H22N4O. The van der Waals surface area contributed by atoms with Crippen LogP contribution in [-0.4, -0.2) is 55.6 Å². The SMILES string of the molecule is CN(C)C(=O)c1ccc(N2CC3CCCNC3C2)nc1. The van der Waals surface area contributed by atoms with E-state index in [-0.39, 0.29) is 5.91 Å². The summed E-state index contributed by atoms with van der Waals surface area (Å²) in [6, 6.07) is 4.45. The second-order valence-electron chi connectivity index (χ2n) is 5.97. The molecule has 1 aromatic heterocycles. The molecule has 0 spiro atoms. The van der Waals surface area contributed by atoms with Crippen molar-refractivity contribution in [2.45, 2.75) is 18.9 Å². The minimum Gasteiger partial charge on any atom is -0.355 e. The average molecular weight is 274 g/mol. The van der Waals surface area contributed by atoms with Crippen LogP contribution >= 0.6 is 0 Å². The Morgan fingerprint density at radius 3 is 2.90 bits per heavy atom. The number of carbonyl (C=O) groups is 1. The summed E-state index contributed by atoms with van der Waals surface area (Å²) in [7, 11) is 3.51. The summed E-state index contributed by atoms with van der Waals surface area (Å²) in [6.07, 6.45) is 4.27. The number of fused-ring (bicyclic) bond motifs is 1. The molecule has 3 heterocycles. The second kappa shape index (κ2) is 5.40. The first kappa shape index (κ1) is 13.4. The Morgan fingerprint density at radius 1 is 1.40 bits per heavy atom. The van der Waals surface area contributed by atoms with Crippen molar-refractivity contribution in [2.75, 3.05) is 38.6 Å². The summed E-state index contributed by atoms with van der Waals surface area (Å²) in [5.74, 6) is 1.73. The van der Waals surface area contributed by atoms with E-state index >= 15 is 0 Å². The number of pyridine rings is 1. The maximum Gasteiger partial charge on any atom is 0.254 e. The van der Waals surface area contributed by atoms with Crippen LogP contribution in [0.4, 0.5) is 5.82 Å². The third-order valence-corrected chi connectivity index (χ3v) is 4.32. The van der Waals surface area contributed by atoms with Crippen molar-refractivity contribution in [1.82, 2.24) is 15.2 Å². The van der Waals surface area contributed by atoms with E-state index in [2.05, 4.69) is 15.2 Å². The number of amides is 1. The molecule has 2 aliphatic heterocycles. The van der Waals surface area contributed by atoms with Crippen molar-refractivity contribution >= 4 is 11.7 Å². The first-order valence-electron chi connectivity index (χ1n) is 7.31. The van der Waals surface area contributed by atoms with Crippen LogP contribution in [0.15, 0.2) is 18.3 Å². The highest BCUT2D eigenvalue weighted by Gasteiger charge is 2.34. The molecule has 0 aliphatic carbocycles. The van der Waals surface area contributed by atoms with Crippen molar-refractivity contribution in [3.8, 4) is 0 Å². The Morgan fingerprint density at radius 2 is 2.25 bits per heavy atom. The highest BCUT2D eigenvalue weighted by molar-refractivity contribution is 5.93. The molecular weight excluding hydrogens is 252 g/mol. The van der Waals surface area contributed by atoms with Crippen LogP contribution in [-0.2, 0) is 0 Å². The minimum absolute atomic E-state index is 0.000748. The van der Waals surface area contributed by atoms with Crippen molar-refractivity contribution in [3.05, 3.63) is 23.9 Å². The zero-order valence-electron chi connectivity index (χ0n) is 12.2. The monoisotopic (exact) mass is 274 g/mol. The minimum atomic E-state index is 0.000748. The fraction of sp³-hybridized carbons (Fsp3) is 0.600. The zero-order chi connectivity index (χ0) is 14.1. The number of aromatic nitrogens is 1. The van der Waals surface area contributed by atoms with Gasteiger partial charge in [-0.25, -0.2) is 4.98 Å². The molecule has 2 fully saturated rings. The Bertz CT molecular complexity index is 471. The van der Waals surface area contributed by atoms with Crippen LogP contribution in [0.2, 0.25) is 0 Å². The predicted octanol–water partition coefficient (Wildman–Crippen LogP) is 0.972. The van der Waals surface area contributed by atoms with E-state index in [1.807, 2.05) is 12.1 Å². The summed E-state index contributed by atoms with van der Waals surface area (Å²) in [5, 5.41) is 3.60. The van der Waals surface area contributed by atoms with E-state index in [1.54, 1.807) is 25.2 Å². The highest BCUT2D eigenvalue weighted by Crippen LogP contribution is 2.28. The second-order valence-corrected chi connectivity index (χ2v) is 5.97. The van der Waals surface area contributed by atoms with Gasteiger partial charge in [-0.05, 0) is 37.4 Å². The quantitative estimate of drug-likeness (QED) is 0.873. The number of carbonyl (C=O) groups excluding carboxylic acids is 1. The van der Waals surface area contributed by atoms with Gasteiger partial charge in [0.2, 0.25) is 0 Å². The molecule has 0 aromatic carbocycles. The van der Waals surface area contributed by atoms with Gasteiger partial charge in [0.15, 0.2) is 0 Å². The molecule has 2 atom stereocenters. The van der Waals surface area contributed by atoms with Crippen molar-refractivity contribution in [3.63, 3.8) is 0 Å². The normalized spacial score (nSPS) is 25.4. The lowest BCUT2D eigenvalue weighted by Gasteiger charge is -2.24. The number of nitrogens with zero attached hydrogens (tertiary/aromatic N) is 3. The van der Waals surface area contributed by atoms with Crippen LogP contribution in [0.1, 0.15) is 23.2 Å². The zero-order valence-corrected chi connectivity index (χ0v) is 12.2. The summed E-state index contributed by atoms with van der Waals surface area (Å²) in [6.45, 7) is 3.24. The standard InChI is InChI=1S/C15H22N4O/c1-18(2)15(20)11-5-6-14(17-8-11)19-9-12-4-3-7-16-13(12)10-19/h5-6,8,12-13,16H,3-4,7,9-10H2,1-2H3. The van der Waals surface area contributed by atoms with Gasteiger partial charge >= 0.3 is 0 Å². The Kier molecular flexibility index (Phi) is 3.61. The van der Waals surface area contributed by atoms with E-state index in [9.17, 15) is 4.79 Å². The molecule has 0 bridgehead atoms. The summed E-state index contributed by atoms with van der Waals surface area (Å²) < 4.78 is 0. The van der Waals surface area contributed by atoms with Crippen molar-refractivity contribution in [2.24, 2.45) is 5.92 Å². The molecule has 108 valence electrons. The van der Waals surface area contributed by atoms with Gasteiger partial charge in [0.1, 0.15) is 5.82 Å². The fourth-order valence-electron chi connectivity index (χ4n) is 3.19. The third-order valence-electron chi connectivity index (χ3n) is 4.32. The van der Waals surface area contributed by atoms with Gasteiger partial charge in [0.05, 0.1) is 5.56 Å². The summed E-state index contributed by atoms with van der Waals surface area (Å²) in [4.78, 5) is 20.2. The smallest absolute Gasteiger partial charge is 0.254 e. The molecule has 20 heavy (non-hydrogen) atoms.